The fraction of sp³-hybridized carbons (Fsp3) is 0.346. The number of unbranched alkanes of at least 4 members (excludes halogenated alkanes) is 3. The van der Waals surface area contributed by atoms with Crippen LogP contribution in [0, 0.1) is 0 Å². The maximum Gasteiger partial charge on any atom is 0.243 e. The van der Waals surface area contributed by atoms with Crippen LogP contribution in [0.3, 0.4) is 0 Å². The number of hydroxylamine groups is 1. The predicted molar refractivity (Wildman–Crippen MR) is 143 cm³/mol. The topological polar surface area (TPSA) is 159 Å². The number of rotatable bonds is 14. The highest BCUT2D eigenvalue weighted by molar-refractivity contribution is 5.92. The molecule has 0 spiro atoms. The van der Waals surface area contributed by atoms with Gasteiger partial charge < -0.3 is 20.4 Å². The van der Waals surface area contributed by atoms with Gasteiger partial charge in [0.25, 0.3) is 0 Å². The maximum atomic E-state index is 12.2. The summed E-state index contributed by atoms with van der Waals surface area (Å²) in [5, 5.41) is 19.9. The van der Waals surface area contributed by atoms with Crippen LogP contribution in [-0.2, 0) is 20.9 Å². The van der Waals surface area contributed by atoms with E-state index >= 15 is 0 Å². The van der Waals surface area contributed by atoms with Crippen molar-refractivity contribution >= 4 is 40.2 Å². The number of amides is 2. The number of H-pyrrole nitrogens is 1. The lowest BCUT2D eigenvalue weighted by molar-refractivity contribution is -0.129. The average molecular weight is 521 g/mol. The monoisotopic (exact) mass is 520 g/mol. The third kappa shape index (κ3) is 7.37. The molecule has 1 aromatic carbocycles. The first kappa shape index (κ1) is 26.8. The molecule has 0 radical (unpaired) electrons. The molecule has 0 atom stereocenters. The molecule has 2 amide bonds. The Labute approximate surface area is 219 Å². The van der Waals surface area contributed by atoms with E-state index in [9.17, 15) is 9.59 Å². The Bertz CT molecular complexity index is 1350. The molecule has 0 fully saturated rings. The van der Waals surface area contributed by atoms with Crippen molar-refractivity contribution in [2.45, 2.75) is 45.1 Å². The van der Waals surface area contributed by atoms with E-state index in [2.05, 4.69) is 25.7 Å². The molecule has 12 heteroatoms. The zero-order valence-electron chi connectivity index (χ0n) is 21.2. The van der Waals surface area contributed by atoms with Crippen LogP contribution < -0.4 is 16.1 Å². The summed E-state index contributed by atoms with van der Waals surface area (Å²) in [4.78, 5) is 35.7. The second-order valence-corrected chi connectivity index (χ2v) is 8.82. The second-order valence-electron chi connectivity index (χ2n) is 8.82. The van der Waals surface area contributed by atoms with Gasteiger partial charge in [-0.2, -0.15) is 10.1 Å². The molecule has 12 nitrogen and oxygen atoms in total. The third-order valence-corrected chi connectivity index (χ3v) is 5.95. The van der Waals surface area contributed by atoms with E-state index in [1.165, 1.54) is 0 Å². The molecule has 0 aliphatic heterocycles. The Morgan fingerprint density at radius 3 is 2.47 bits per heavy atom. The third-order valence-electron chi connectivity index (χ3n) is 5.95. The SMILES string of the molecule is COCCn1cc(-c2nc(Nc3ccc(NC(=O)CCCCCCC(=O)NO)cc3)nc3[nH]ccc23)cn1. The van der Waals surface area contributed by atoms with Crippen LogP contribution in [0.4, 0.5) is 17.3 Å². The molecule has 0 aliphatic rings. The van der Waals surface area contributed by atoms with Crippen molar-refractivity contribution in [3.05, 3.63) is 48.9 Å². The Balaban J connectivity index is 1.33. The smallest absolute Gasteiger partial charge is 0.243 e. The van der Waals surface area contributed by atoms with Gasteiger partial charge in [-0.05, 0) is 43.2 Å². The molecule has 0 saturated carbocycles. The zero-order chi connectivity index (χ0) is 26.7. The standard InChI is InChI=1S/C26H32N8O4/c1-38-15-14-34-17-18(16-28-34)24-21-12-13-27-25(21)32-26(31-24)30-20-10-8-19(9-11-20)29-22(35)6-4-2-3-5-7-23(36)33-37/h8-13,16-17,37H,2-7,14-15H2,1H3,(H,29,35)(H,33,36)(H2,27,30,31,32). The number of carbonyl (C=O) groups excluding carboxylic acids is 2. The largest absolute Gasteiger partial charge is 0.383 e. The summed E-state index contributed by atoms with van der Waals surface area (Å²) in [6.45, 7) is 1.22. The number of hydrogen-bond acceptors (Lipinski definition) is 8. The average Bonchev–Trinajstić information content (AvgIpc) is 3.60. The highest BCUT2D eigenvalue weighted by Crippen LogP contribution is 2.28. The minimum atomic E-state index is -0.386. The van der Waals surface area contributed by atoms with Gasteiger partial charge in [-0.1, -0.05) is 12.8 Å². The predicted octanol–water partition coefficient (Wildman–Crippen LogP) is 4.00. The molecule has 0 bridgehead atoms. The van der Waals surface area contributed by atoms with Gasteiger partial charge in [0.15, 0.2) is 0 Å². The molecule has 200 valence electrons. The molecule has 0 aliphatic carbocycles. The minimum Gasteiger partial charge on any atom is -0.383 e. The lowest BCUT2D eigenvalue weighted by Crippen LogP contribution is -2.17. The number of benzene rings is 1. The van der Waals surface area contributed by atoms with Gasteiger partial charge >= 0.3 is 0 Å². The highest BCUT2D eigenvalue weighted by atomic mass is 16.5. The Morgan fingerprint density at radius 2 is 1.74 bits per heavy atom. The van der Waals surface area contributed by atoms with E-state index in [0.29, 0.717) is 43.3 Å². The summed E-state index contributed by atoms with van der Waals surface area (Å²) in [6.07, 6.45) is 9.32. The number of aromatic nitrogens is 5. The van der Waals surface area contributed by atoms with E-state index in [0.717, 1.165) is 41.6 Å². The van der Waals surface area contributed by atoms with Gasteiger partial charge in [0.1, 0.15) is 5.65 Å². The number of hydrogen-bond donors (Lipinski definition) is 5. The highest BCUT2D eigenvalue weighted by Gasteiger charge is 2.13. The molecular weight excluding hydrogens is 488 g/mol. The summed E-state index contributed by atoms with van der Waals surface area (Å²) in [5.41, 5.74) is 5.45. The summed E-state index contributed by atoms with van der Waals surface area (Å²) in [5.74, 6) is -0.00821. The molecule has 4 aromatic rings. The number of ether oxygens (including phenoxy) is 1. The first-order chi connectivity index (χ1) is 18.6. The lowest BCUT2D eigenvalue weighted by Gasteiger charge is -2.09. The van der Waals surface area contributed by atoms with E-state index in [4.69, 9.17) is 14.9 Å². The van der Waals surface area contributed by atoms with Crippen LogP contribution >= 0.6 is 0 Å². The van der Waals surface area contributed by atoms with Crippen molar-refractivity contribution in [1.29, 1.82) is 0 Å². The van der Waals surface area contributed by atoms with E-state index < -0.39 is 0 Å². The minimum absolute atomic E-state index is 0.0602. The number of aromatic amines is 1. The number of nitrogens with one attached hydrogen (secondary N) is 4. The van der Waals surface area contributed by atoms with Crippen LogP contribution in [0.1, 0.15) is 38.5 Å². The molecule has 4 rings (SSSR count). The molecule has 5 N–H and O–H groups in total. The van der Waals surface area contributed by atoms with E-state index in [1.54, 1.807) is 18.8 Å². The summed E-state index contributed by atoms with van der Waals surface area (Å²) < 4.78 is 6.95. The lowest BCUT2D eigenvalue weighted by atomic mass is 10.1. The molecule has 0 unspecified atom stereocenters. The van der Waals surface area contributed by atoms with E-state index in [-0.39, 0.29) is 18.2 Å². The van der Waals surface area contributed by atoms with Crippen LogP contribution in [-0.4, -0.2) is 55.5 Å². The normalized spacial score (nSPS) is 11.0. The van der Waals surface area contributed by atoms with Crippen molar-refractivity contribution < 1.29 is 19.5 Å². The van der Waals surface area contributed by atoms with Crippen molar-refractivity contribution in [3.8, 4) is 11.3 Å². The Hall–Kier alpha value is -4.29. The number of carbonyl (C=O) groups is 2. The molecule has 0 saturated heterocycles. The van der Waals surface area contributed by atoms with Gasteiger partial charge in [-0.25, -0.2) is 10.5 Å². The first-order valence-corrected chi connectivity index (χ1v) is 12.5. The number of nitrogens with zero attached hydrogens (tertiary/aromatic N) is 4. The molecule has 3 aromatic heterocycles. The second kappa shape index (κ2) is 13.3. The quantitative estimate of drug-likeness (QED) is 0.0948. The van der Waals surface area contributed by atoms with Gasteiger partial charge in [0.05, 0.1) is 25.0 Å². The van der Waals surface area contributed by atoms with Crippen LogP contribution in [0.5, 0.6) is 0 Å². The molecule has 38 heavy (non-hydrogen) atoms. The summed E-state index contributed by atoms with van der Waals surface area (Å²) in [7, 11) is 1.66. The van der Waals surface area contributed by atoms with Gasteiger partial charge in [-0.15, -0.1) is 0 Å². The maximum absolute atomic E-state index is 12.2. The summed E-state index contributed by atoms with van der Waals surface area (Å²) in [6, 6.07) is 9.29. The fourth-order valence-electron chi connectivity index (χ4n) is 3.98. The molecule has 3 heterocycles. The van der Waals surface area contributed by atoms with Crippen molar-refractivity contribution in [2.75, 3.05) is 24.4 Å². The number of fused-ring (bicyclic) bond motifs is 1. The van der Waals surface area contributed by atoms with Crippen LogP contribution in [0.25, 0.3) is 22.3 Å². The van der Waals surface area contributed by atoms with Gasteiger partial charge in [-0.3, -0.25) is 19.5 Å². The molecular formula is C26H32N8O4. The Kier molecular flexibility index (Phi) is 9.37. The van der Waals surface area contributed by atoms with Crippen molar-refractivity contribution in [2.24, 2.45) is 0 Å². The van der Waals surface area contributed by atoms with Crippen molar-refractivity contribution in [1.82, 2.24) is 30.2 Å². The Morgan fingerprint density at radius 1 is 1.00 bits per heavy atom. The van der Waals surface area contributed by atoms with Crippen LogP contribution in [0.15, 0.2) is 48.9 Å². The summed E-state index contributed by atoms with van der Waals surface area (Å²) >= 11 is 0. The van der Waals surface area contributed by atoms with E-state index in [1.807, 2.05) is 47.4 Å². The van der Waals surface area contributed by atoms with Crippen LogP contribution in [0.2, 0.25) is 0 Å². The van der Waals surface area contributed by atoms with Gasteiger partial charge in [0.2, 0.25) is 17.8 Å². The zero-order valence-corrected chi connectivity index (χ0v) is 21.2. The van der Waals surface area contributed by atoms with Crippen molar-refractivity contribution in [3.63, 3.8) is 0 Å². The fourth-order valence-corrected chi connectivity index (χ4v) is 3.98. The van der Waals surface area contributed by atoms with Gasteiger partial charge in [0, 0.05) is 54.7 Å². The number of methoxy groups -OCH3 is 1. The first-order valence-electron chi connectivity index (χ1n) is 12.5. The number of anilines is 3.